The molecule has 2 unspecified atom stereocenters. The van der Waals surface area contributed by atoms with E-state index in [0.29, 0.717) is 23.2 Å². The van der Waals surface area contributed by atoms with Gasteiger partial charge < -0.3 is 5.11 Å². The Morgan fingerprint density at radius 1 is 0.938 bits per heavy atom. The van der Waals surface area contributed by atoms with Gasteiger partial charge in [0.2, 0.25) is 0 Å². The molecule has 3 fully saturated rings. The van der Waals surface area contributed by atoms with Crippen LogP contribution in [0.15, 0.2) is 0 Å². The molecule has 0 amide bonds. The molecule has 6 atom stereocenters. The quantitative estimate of drug-likeness (QED) is 0.665. The van der Waals surface area contributed by atoms with Crippen LogP contribution in [-0.4, -0.2) is 10.7 Å². The molecule has 0 aromatic heterocycles. The van der Waals surface area contributed by atoms with Gasteiger partial charge in [-0.2, -0.15) is 0 Å². The van der Waals surface area contributed by atoms with E-state index in [1.807, 2.05) is 0 Å². The summed E-state index contributed by atoms with van der Waals surface area (Å²) >= 11 is 0. The van der Waals surface area contributed by atoms with Crippen LogP contribution < -0.4 is 0 Å². The Morgan fingerprint density at radius 2 is 1.56 bits per heavy atom. The van der Waals surface area contributed by atoms with Crippen LogP contribution in [-0.2, 0) is 0 Å². The summed E-state index contributed by atoms with van der Waals surface area (Å²) in [5, 5.41) is 11.3. The molecule has 1 N–H and O–H groups in total. The Kier molecular flexibility index (Phi) is 2.11. The van der Waals surface area contributed by atoms with Crippen LogP contribution in [0.1, 0.15) is 53.4 Å². The number of hydrogen-bond acceptors (Lipinski definition) is 1. The summed E-state index contributed by atoms with van der Waals surface area (Å²) in [6.45, 7) is 9.39. The van der Waals surface area contributed by atoms with Gasteiger partial charge in [0.15, 0.2) is 0 Å². The first kappa shape index (κ1) is 11.1. The van der Waals surface area contributed by atoms with Crippen molar-refractivity contribution in [2.45, 2.75) is 59.0 Å². The van der Waals surface area contributed by atoms with Crippen molar-refractivity contribution in [2.24, 2.45) is 35.0 Å². The molecule has 1 nitrogen and oxygen atoms in total. The topological polar surface area (TPSA) is 20.2 Å². The van der Waals surface area contributed by atoms with Crippen molar-refractivity contribution in [3.05, 3.63) is 0 Å². The third kappa shape index (κ3) is 1.11. The lowest BCUT2D eigenvalue weighted by Crippen LogP contribution is -2.44. The molecule has 0 bridgehead atoms. The van der Waals surface area contributed by atoms with Gasteiger partial charge in [-0.1, -0.05) is 34.1 Å². The van der Waals surface area contributed by atoms with E-state index < -0.39 is 0 Å². The first-order valence-corrected chi connectivity index (χ1v) is 7.12. The van der Waals surface area contributed by atoms with Gasteiger partial charge in [-0.25, -0.2) is 0 Å². The van der Waals surface area contributed by atoms with Gasteiger partial charge >= 0.3 is 0 Å². The zero-order valence-corrected chi connectivity index (χ0v) is 11.2. The second kappa shape index (κ2) is 3.04. The largest absolute Gasteiger partial charge is 0.389 e. The first-order chi connectivity index (χ1) is 7.40. The lowest BCUT2D eigenvalue weighted by Gasteiger charge is -2.38. The van der Waals surface area contributed by atoms with Gasteiger partial charge in [0.05, 0.1) is 5.60 Å². The van der Waals surface area contributed by atoms with Crippen molar-refractivity contribution in [1.82, 2.24) is 0 Å². The van der Waals surface area contributed by atoms with Crippen molar-refractivity contribution in [2.75, 3.05) is 0 Å². The van der Waals surface area contributed by atoms with Crippen LogP contribution in [0.5, 0.6) is 0 Å². The number of fused-ring (bicyclic) bond motifs is 3. The molecule has 3 aliphatic carbocycles. The fourth-order valence-corrected chi connectivity index (χ4v) is 5.38. The van der Waals surface area contributed by atoms with Gasteiger partial charge in [-0.15, -0.1) is 0 Å². The summed E-state index contributed by atoms with van der Waals surface area (Å²) in [5.74, 6) is 3.23. The van der Waals surface area contributed by atoms with Gasteiger partial charge in [0, 0.05) is 0 Å². The molecule has 0 aromatic carbocycles. The molecule has 0 radical (unpaired) electrons. The van der Waals surface area contributed by atoms with Crippen LogP contribution in [0.25, 0.3) is 0 Å². The minimum Gasteiger partial charge on any atom is -0.389 e. The Labute approximate surface area is 99.6 Å². The zero-order valence-electron chi connectivity index (χ0n) is 11.2. The van der Waals surface area contributed by atoms with Crippen LogP contribution in [0, 0.1) is 35.0 Å². The van der Waals surface area contributed by atoms with E-state index in [1.165, 1.54) is 25.7 Å². The van der Waals surface area contributed by atoms with Gasteiger partial charge in [-0.05, 0) is 54.3 Å². The van der Waals surface area contributed by atoms with E-state index in [2.05, 4.69) is 27.7 Å². The minimum atomic E-state index is -0.329. The van der Waals surface area contributed by atoms with Crippen LogP contribution in [0.2, 0.25) is 0 Å². The predicted molar refractivity (Wildman–Crippen MR) is 66.0 cm³/mol. The summed E-state index contributed by atoms with van der Waals surface area (Å²) in [7, 11) is 0. The van der Waals surface area contributed by atoms with Gasteiger partial charge in [0.1, 0.15) is 0 Å². The van der Waals surface area contributed by atoms with Crippen molar-refractivity contribution in [3.63, 3.8) is 0 Å². The maximum atomic E-state index is 11.3. The third-order valence-electron chi connectivity index (χ3n) is 6.46. The molecular formula is C15H26O. The SMILES string of the molecule is CC1CC[C@@H]2[C@H](C)CC[C@@H]3[C@@H](C3(C)C)C12O. The highest BCUT2D eigenvalue weighted by Gasteiger charge is 2.71. The lowest BCUT2D eigenvalue weighted by atomic mass is 9.73. The molecule has 16 heavy (non-hydrogen) atoms. The van der Waals surface area contributed by atoms with Crippen molar-refractivity contribution >= 4 is 0 Å². The van der Waals surface area contributed by atoms with Crippen LogP contribution in [0.3, 0.4) is 0 Å². The minimum absolute atomic E-state index is 0.329. The summed E-state index contributed by atoms with van der Waals surface area (Å²) in [6, 6.07) is 0. The first-order valence-electron chi connectivity index (χ1n) is 7.12. The van der Waals surface area contributed by atoms with Crippen LogP contribution in [0.4, 0.5) is 0 Å². The average molecular weight is 222 g/mol. The maximum Gasteiger partial charge on any atom is 0.0739 e. The predicted octanol–water partition coefficient (Wildman–Crippen LogP) is 3.47. The van der Waals surface area contributed by atoms with Crippen molar-refractivity contribution in [3.8, 4) is 0 Å². The normalized spacial score (nSPS) is 58.7. The summed E-state index contributed by atoms with van der Waals surface area (Å²) < 4.78 is 0. The zero-order chi connectivity index (χ0) is 11.7. The fraction of sp³-hybridized carbons (Fsp3) is 1.00. The van der Waals surface area contributed by atoms with Crippen molar-refractivity contribution in [1.29, 1.82) is 0 Å². The second-order valence-corrected chi connectivity index (χ2v) is 7.43. The van der Waals surface area contributed by atoms with E-state index in [-0.39, 0.29) is 5.60 Å². The number of rotatable bonds is 0. The monoisotopic (exact) mass is 222 g/mol. The van der Waals surface area contributed by atoms with Gasteiger partial charge in [0.25, 0.3) is 0 Å². The summed E-state index contributed by atoms with van der Waals surface area (Å²) in [4.78, 5) is 0. The van der Waals surface area contributed by atoms with Crippen molar-refractivity contribution < 1.29 is 5.11 Å². The number of hydrogen-bond donors (Lipinski definition) is 1. The second-order valence-electron chi connectivity index (χ2n) is 7.43. The molecule has 3 rings (SSSR count). The third-order valence-corrected chi connectivity index (χ3v) is 6.46. The van der Waals surface area contributed by atoms with E-state index in [4.69, 9.17) is 0 Å². The van der Waals surface area contributed by atoms with E-state index in [0.717, 1.165) is 11.8 Å². The highest BCUT2D eigenvalue weighted by atomic mass is 16.3. The Morgan fingerprint density at radius 3 is 2.25 bits per heavy atom. The van der Waals surface area contributed by atoms with Gasteiger partial charge in [-0.3, -0.25) is 0 Å². The number of aliphatic hydroxyl groups is 1. The molecule has 0 spiro atoms. The highest BCUT2D eigenvalue weighted by molar-refractivity contribution is 5.20. The molecular weight excluding hydrogens is 196 g/mol. The Hall–Kier alpha value is -0.0400. The molecule has 0 heterocycles. The molecule has 0 aromatic rings. The smallest absolute Gasteiger partial charge is 0.0739 e. The molecule has 0 saturated heterocycles. The lowest BCUT2D eigenvalue weighted by molar-refractivity contribution is -0.0738. The molecule has 3 saturated carbocycles. The Balaban J connectivity index is 2.00. The van der Waals surface area contributed by atoms with E-state index in [9.17, 15) is 5.11 Å². The maximum absolute atomic E-state index is 11.3. The molecule has 1 heteroatoms. The highest BCUT2D eigenvalue weighted by Crippen LogP contribution is 2.72. The fourth-order valence-electron chi connectivity index (χ4n) is 5.38. The molecule has 3 aliphatic rings. The summed E-state index contributed by atoms with van der Waals surface area (Å²) in [5.41, 5.74) is 0.0792. The molecule has 0 aliphatic heterocycles. The molecule has 92 valence electrons. The van der Waals surface area contributed by atoms with Crippen LogP contribution >= 0.6 is 0 Å². The Bertz CT molecular complexity index is 309. The van der Waals surface area contributed by atoms with E-state index in [1.54, 1.807) is 0 Å². The summed E-state index contributed by atoms with van der Waals surface area (Å²) in [6.07, 6.45) is 5.19. The average Bonchev–Trinajstić information content (AvgIpc) is 2.67. The standard InChI is InChI=1S/C15H26O/c1-9-5-7-12-13(14(12,3)4)15(16)10(2)6-8-11(9)15/h9-13,16H,5-8H2,1-4H3/t9-,10?,11-,12-,13+,15?/m1/s1. The van der Waals surface area contributed by atoms with E-state index >= 15 is 0 Å².